The summed E-state index contributed by atoms with van der Waals surface area (Å²) in [5, 5.41) is 43.4. The number of amides is 1. The van der Waals surface area contributed by atoms with Gasteiger partial charge in [-0.1, -0.05) is 70.8 Å². The minimum Gasteiger partial charge on any atom is -0.457 e. The number of rotatable bonds is 10. The number of aliphatic hydroxyl groups is 4. The summed E-state index contributed by atoms with van der Waals surface area (Å²) >= 11 is 0. The zero-order valence-corrected chi connectivity index (χ0v) is 31.9. The number of hydrogen-bond donors (Lipinski definition) is 4. The predicted octanol–water partition coefficient (Wildman–Crippen LogP) is 5.05. The topological polar surface area (TPSA) is 153 Å². The third kappa shape index (κ3) is 12.4. The van der Waals surface area contributed by atoms with Crippen LogP contribution < -0.4 is 0 Å². The van der Waals surface area contributed by atoms with Gasteiger partial charge in [-0.2, -0.15) is 0 Å². The van der Waals surface area contributed by atoms with E-state index in [4.69, 9.17) is 14.2 Å². The summed E-state index contributed by atoms with van der Waals surface area (Å²) in [6.45, 7) is 13.7. The van der Waals surface area contributed by atoms with Gasteiger partial charge in [0.25, 0.3) is 0 Å². The van der Waals surface area contributed by atoms with Crippen molar-refractivity contribution in [2.75, 3.05) is 26.2 Å². The van der Waals surface area contributed by atoms with Crippen LogP contribution in [0.15, 0.2) is 36.0 Å². The zero-order valence-electron chi connectivity index (χ0n) is 31.9. The molecule has 0 radical (unpaired) electrons. The molecule has 1 saturated carbocycles. The van der Waals surface area contributed by atoms with Gasteiger partial charge in [-0.15, -0.1) is 0 Å². The molecule has 3 aliphatic heterocycles. The predicted molar refractivity (Wildman–Crippen MR) is 196 cm³/mol. The van der Waals surface area contributed by atoms with Gasteiger partial charge in [-0.05, 0) is 64.5 Å². The minimum atomic E-state index is -1.48. The molecule has 0 bridgehead atoms. The third-order valence-corrected chi connectivity index (χ3v) is 11.5. The van der Waals surface area contributed by atoms with Crippen LogP contribution in [-0.4, -0.2) is 122 Å². The fourth-order valence-electron chi connectivity index (χ4n) is 7.88. The Balaban J connectivity index is 1.42. The molecular formula is C40H66N2O9. The van der Waals surface area contributed by atoms with Crippen molar-refractivity contribution in [1.29, 1.82) is 0 Å². The maximum absolute atomic E-state index is 13.5. The third-order valence-electron chi connectivity index (χ3n) is 11.5. The van der Waals surface area contributed by atoms with Gasteiger partial charge in [-0.25, -0.2) is 4.79 Å². The highest BCUT2D eigenvalue weighted by Gasteiger charge is 2.47. The highest BCUT2D eigenvalue weighted by atomic mass is 16.6. The van der Waals surface area contributed by atoms with Gasteiger partial charge in [0.1, 0.15) is 11.7 Å². The van der Waals surface area contributed by atoms with E-state index in [0.29, 0.717) is 37.5 Å². The second-order valence-electron chi connectivity index (χ2n) is 16.2. The lowest BCUT2D eigenvalue weighted by atomic mass is 9.88. The summed E-state index contributed by atoms with van der Waals surface area (Å²) in [7, 11) is 0. The summed E-state index contributed by atoms with van der Waals surface area (Å²) in [6, 6.07) is 0.581. The highest BCUT2D eigenvalue weighted by Crippen LogP contribution is 2.37. The maximum Gasteiger partial charge on any atom is 0.410 e. The largest absolute Gasteiger partial charge is 0.457 e. The first-order chi connectivity index (χ1) is 24.1. The molecule has 10 atom stereocenters. The number of carbonyl (C=O) groups is 2. The molecule has 11 heteroatoms. The van der Waals surface area contributed by atoms with E-state index in [1.807, 2.05) is 27.7 Å². The van der Waals surface area contributed by atoms with Gasteiger partial charge in [0.05, 0.1) is 36.4 Å². The highest BCUT2D eigenvalue weighted by molar-refractivity contribution is 5.70. The van der Waals surface area contributed by atoms with Crippen LogP contribution in [0.4, 0.5) is 4.79 Å². The number of aliphatic hydroxyl groups excluding tert-OH is 2. The molecule has 0 aromatic rings. The van der Waals surface area contributed by atoms with Crippen LogP contribution in [0.25, 0.3) is 0 Å². The molecule has 290 valence electrons. The van der Waals surface area contributed by atoms with Crippen molar-refractivity contribution < 1.29 is 44.2 Å². The molecule has 3 fully saturated rings. The van der Waals surface area contributed by atoms with E-state index in [9.17, 15) is 30.0 Å². The molecule has 3 heterocycles. The van der Waals surface area contributed by atoms with Crippen molar-refractivity contribution in [2.24, 2.45) is 11.8 Å². The smallest absolute Gasteiger partial charge is 0.410 e. The Morgan fingerprint density at radius 2 is 1.80 bits per heavy atom. The number of epoxide rings is 1. The summed E-state index contributed by atoms with van der Waals surface area (Å²) in [6.07, 6.45) is 13.4. The van der Waals surface area contributed by atoms with E-state index in [0.717, 1.165) is 13.1 Å². The second kappa shape index (κ2) is 18.7. The SMILES string of the molecule is CC[C@H](O)[C@@H](C)[C@@H]1O[C@@H]1C[C@@](C)(O)/C=C/C=C(\C)[C@H]1OC(=O)C[C@H](O)CC[C@@](C)(O)[C@@H](OC(=O)N2CCN(C3CCCCCC3)CC2)/C=C\[C@@H]1C. The van der Waals surface area contributed by atoms with E-state index in [1.165, 1.54) is 38.5 Å². The van der Waals surface area contributed by atoms with E-state index in [-0.39, 0.29) is 43.3 Å². The van der Waals surface area contributed by atoms with Crippen LogP contribution in [-0.2, 0) is 19.0 Å². The fourth-order valence-corrected chi connectivity index (χ4v) is 7.88. The Morgan fingerprint density at radius 1 is 1.14 bits per heavy atom. The van der Waals surface area contributed by atoms with E-state index in [2.05, 4.69) is 4.90 Å². The Kier molecular flexibility index (Phi) is 15.2. The number of carbonyl (C=O) groups excluding carboxylic acids is 2. The quantitative estimate of drug-likeness (QED) is 0.0794. The van der Waals surface area contributed by atoms with Crippen LogP contribution >= 0.6 is 0 Å². The summed E-state index contributed by atoms with van der Waals surface area (Å²) in [4.78, 5) is 30.6. The molecule has 0 aromatic carbocycles. The van der Waals surface area contributed by atoms with Gasteiger partial charge >= 0.3 is 12.1 Å². The number of nitrogens with zero attached hydrogens (tertiary/aromatic N) is 2. The van der Waals surface area contributed by atoms with Crippen molar-refractivity contribution in [1.82, 2.24) is 9.80 Å². The number of allylic oxidation sites excluding steroid dienone is 2. The molecule has 2 saturated heterocycles. The van der Waals surface area contributed by atoms with Crippen molar-refractivity contribution in [3.63, 3.8) is 0 Å². The number of cyclic esters (lactones) is 1. The van der Waals surface area contributed by atoms with Crippen molar-refractivity contribution in [3.05, 3.63) is 36.0 Å². The van der Waals surface area contributed by atoms with Gasteiger partial charge in [0, 0.05) is 50.5 Å². The minimum absolute atomic E-state index is 0.0102. The van der Waals surface area contributed by atoms with Crippen LogP contribution in [0.3, 0.4) is 0 Å². The number of ether oxygens (including phenoxy) is 3. The first kappa shape index (κ1) is 41.5. The van der Waals surface area contributed by atoms with E-state index in [1.54, 1.807) is 49.1 Å². The lowest BCUT2D eigenvalue weighted by molar-refractivity contribution is -0.151. The molecule has 4 aliphatic rings. The lowest BCUT2D eigenvalue weighted by Crippen LogP contribution is -2.53. The van der Waals surface area contributed by atoms with Gasteiger partial charge in [0.15, 0.2) is 6.10 Å². The van der Waals surface area contributed by atoms with Crippen molar-refractivity contribution in [3.8, 4) is 0 Å². The molecule has 1 aliphatic carbocycles. The van der Waals surface area contributed by atoms with E-state index >= 15 is 0 Å². The fraction of sp³-hybridized carbons (Fsp3) is 0.800. The summed E-state index contributed by atoms with van der Waals surface area (Å²) in [5.41, 5.74) is -1.92. The summed E-state index contributed by atoms with van der Waals surface area (Å²) < 4.78 is 17.7. The molecule has 1 amide bonds. The van der Waals surface area contributed by atoms with Gasteiger partial charge in [0.2, 0.25) is 0 Å². The molecule has 0 unspecified atom stereocenters. The number of hydrogen-bond acceptors (Lipinski definition) is 10. The molecule has 4 rings (SSSR count). The maximum atomic E-state index is 13.5. The zero-order chi connectivity index (χ0) is 37.3. The van der Waals surface area contributed by atoms with Crippen LogP contribution in [0.5, 0.6) is 0 Å². The Morgan fingerprint density at radius 3 is 2.45 bits per heavy atom. The van der Waals surface area contributed by atoms with Gasteiger partial charge in [-0.3, -0.25) is 9.69 Å². The van der Waals surface area contributed by atoms with E-state index < -0.39 is 47.7 Å². The van der Waals surface area contributed by atoms with Crippen LogP contribution in [0.2, 0.25) is 0 Å². The number of esters is 1. The van der Waals surface area contributed by atoms with Crippen LogP contribution in [0, 0.1) is 11.8 Å². The molecule has 11 nitrogen and oxygen atoms in total. The van der Waals surface area contributed by atoms with Crippen LogP contribution in [0.1, 0.15) is 112 Å². The summed E-state index contributed by atoms with van der Waals surface area (Å²) in [5.74, 6) is -0.935. The van der Waals surface area contributed by atoms with Crippen molar-refractivity contribution in [2.45, 2.75) is 166 Å². The standard InChI is InChI=1S/C40H66N2O9/c1-7-32(44)29(4)37-33(49-37)26-39(5,47)19-12-13-27(2)36-28(3)16-17-34(40(6,48)20-18-31(43)25-35(45)51-36)50-38(46)42-23-21-41(22-24-42)30-14-10-8-9-11-15-30/h12-13,16-17,19,28-34,36-37,43-44,47-48H,7-11,14-15,18,20-26H2,1-6H3/b17-16-,19-12+,27-13+/t28-,29+,31+,32-,33+,34-,36+,37-,39-,40+/m0/s1. The van der Waals surface area contributed by atoms with Gasteiger partial charge < -0.3 is 39.5 Å². The number of piperazine rings is 1. The first-order valence-electron chi connectivity index (χ1n) is 19.5. The molecule has 0 aromatic heterocycles. The average molecular weight is 719 g/mol. The second-order valence-corrected chi connectivity index (χ2v) is 16.2. The monoisotopic (exact) mass is 718 g/mol. The molecule has 0 spiro atoms. The molecular weight excluding hydrogens is 652 g/mol. The Hall–Kier alpha value is -2.28. The Labute approximate surface area is 305 Å². The Bertz CT molecular complexity index is 1220. The average Bonchev–Trinajstić information content (AvgIpc) is 3.89. The lowest BCUT2D eigenvalue weighted by Gasteiger charge is -2.40. The molecule has 4 N–H and O–H groups in total. The first-order valence-corrected chi connectivity index (χ1v) is 19.5. The van der Waals surface area contributed by atoms with Crippen molar-refractivity contribution >= 4 is 12.1 Å². The normalized spacial score (nSPS) is 35.5. The molecule has 51 heavy (non-hydrogen) atoms.